The van der Waals surface area contributed by atoms with Crippen LogP contribution in [-0.4, -0.2) is 21.5 Å². The van der Waals surface area contributed by atoms with Crippen LogP contribution >= 0.6 is 11.6 Å². The molecule has 2 heterocycles. The van der Waals surface area contributed by atoms with Crippen molar-refractivity contribution < 1.29 is 13.2 Å². The van der Waals surface area contributed by atoms with Gasteiger partial charge in [-0.25, -0.2) is 28.1 Å². The SMILES string of the molecule is CCNc1c(-c2c(F)cc(F)cc2F)c(Cl)nc2nccnc12. The highest BCUT2D eigenvalue weighted by Crippen LogP contribution is 2.40. The summed E-state index contributed by atoms with van der Waals surface area (Å²) in [6.45, 7) is 2.25. The van der Waals surface area contributed by atoms with E-state index in [4.69, 9.17) is 11.6 Å². The largest absolute Gasteiger partial charge is 0.383 e. The summed E-state index contributed by atoms with van der Waals surface area (Å²) >= 11 is 6.12. The third kappa shape index (κ3) is 2.68. The quantitative estimate of drug-likeness (QED) is 0.727. The van der Waals surface area contributed by atoms with E-state index in [1.54, 1.807) is 6.92 Å². The van der Waals surface area contributed by atoms with Gasteiger partial charge in [0.25, 0.3) is 0 Å². The van der Waals surface area contributed by atoms with Crippen LogP contribution in [0.4, 0.5) is 18.9 Å². The summed E-state index contributed by atoms with van der Waals surface area (Å²) in [4.78, 5) is 12.2. The van der Waals surface area contributed by atoms with Gasteiger partial charge >= 0.3 is 0 Å². The summed E-state index contributed by atoms with van der Waals surface area (Å²) in [5.41, 5.74) is 0.362. The van der Waals surface area contributed by atoms with E-state index in [2.05, 4.69) is 20.3 Å². The number of rotatable bonds is 3. The molecule has 0 aliphatic heterocycles. The lowest BCUT2D eigenvalue weighted by Crippen LogP contribution is -2.05. The molecule has 0 saturated heterocycles. The highest BCUT2D eigenvalue weighted by Gasteiger charge is 2.23. The number of benzene rings is 1. The maximum absolute atomic E-state index is 14.2. The molecule has 0 atom stereocenters. The predicted molar refractivity (Wildman–Crippen MR) is 81.8 cm³/mol. The van der Waals surface area contributed by atoms with Crippen LogP contribution in [0, 0.1) is 17.5 Å². The number of pyridine rings is 1. The molecule has 0 saturated carbocycles. The zero-order chi connectivity index (χ0) is 16.6. The molecule has 23 heavy (non-hydrogen) atoms. The normalized spacial score (nSPS) is 11.0. The minimum Gasteiger partial charge on any atom is -0.383 e. The Labute approximate surface area is 134 Å². The summed E-state index contributed by atoms with van der Waals surface area (Å²) in [6, 6.07) is 1.18. The van der Waals surface area contributed by atoms with Gasteiger partial charge in [0.05, 0.1) is 16.8 Å². The van der Waals surface area contributed by atoms with E-state index in [1.165, 1.54) is 12.4 Å². The second kappa shape index (κ2) is 6.00. The molecule has 0 spiro atoms. The second-order valence-electron chi connectivity index (χ2n) is 4.66. The number of hydrogen-bond acceptors (Lipinski definition) is 4. The van der Waals surface area contributed by atoms with Crippen molar-refractivity contribution >= 4 is 28.5 Å². The molecule has 0 fully saturated rings. The zero-order valence-electron chi connectivity index (χ0n) is 11.9. The molecule has 0 unspecified atom stereocenters. The summed E-state index contributed by atoms with van der Waals surface area (Å²) < 4.78 is 41.5. The fourth-order valence-electron chi connectivity index (χ4n) is 2.32. The Morgan fingerprint density at radius 1 is 1.04 bits per heavy atom. The molecule has 2 aromatic heterocycles. The van der Waals surface area contributed by atoms with Gasteiger partial charge < -0.3 is 5.32 Å². The fourth-order valence-corrected chi connectivity index (χ4v) is 2.59. The number of fused-ring (bicyclic) bond motifs is 1. The molecule has 8 heteroatoms. The Morgan fingerprint density at radius 3 is 2.35 bits per heavy atom. The number of nitrogens with zero attached hydrogens (tertiary/aromatic N) is 3. The van der Waals surface area contributed by atoms with Gasteiger partial charge in [-0.2, -0.15) is 0 Å². The first kappa shape index (κ1) is 15.5. The average Bonchev–Trinajstić information content (AvgIpc) is 2.49. The van der Waals surface area contributed by atoms with E-state index in [9.17, 15) is 13.2 Å². The monoisotopic (exact) mass is 338 g/mol. The van der Waals surface area contributed by atoms with Crippen molar-refractivity contribution in [2.75, 3.05) is 11.9 Å². The van der Waals surface area contributed by atoms with Gasteiger partial charge in [0.1, 0.15) is 28.1 Å². The number of aromatic nitrogens is 3. The van der Waals surface area contributed by atoms with Crippen LogP contribution in [0.3, 0.4) is 0 Å². The van der Waals surface area contributed by atoms with Crippen molar-refractivity contribution in [2.24, 2.45) is 0 Å². The highest BCUT2D eigenvalue weighted by molar-refractivity contribution is 6.33. The number of hydrogen-bond donors (Lipinski definition) is 1. The lowest BCUT2D eigenvalue weighted by molar-refractivity contribution is 0.548. The molecule has 0 radical (unpaired) electrons. The van der Waals surface area contributed by atoms with Gasteiger partial charge in [0.15, 0.2) is 5.65 Å². The second-order valence-corrected chi connectivity index (χ2v) is 5.01. The lowest BCUT2D eigenvalue weighted by Gasteiger charge is -2.15. The molecule has 1 N–H and O–H groups in total. The topological polar surface area (TPSA) is 50.7 Å². The van der Waals surface area contributed by atoms with Crippen LogP contribution in [0.5, 0.6) is 0 Å². The van der Waals surface area contributed by atoms with Crippen LogP contribution in [0.15, 0.2) is 24.5 Å². The smallest absolute Gasteiger partial charge is 0.181 e. The van der Waals surface area contributed by atoms with E-state index in [0.29, 0.717) is 29.9 Å². The highest BCUT2D eigenvalue weighted by atomic mass is 35.5. The van der Waals surface area contributed by atoms with Gasteiger partial charge in [0, 0.05) is 31.1 Å². The molecule has 3 aromatic rings. The van der Waals surface area contributed by atoms with Crippen molar-refractivity contribution in [2.45, 2.75) is 6.92 Å². The summed E-state index contributed by atoms with van der Waals surface area (Å²) in [5, 5.41) is 2.82. The Kier molecular flexibility index (Phi) is 4.04. The Bertz CT molecular complexity index is 878. The maximum atomic E-state index is 14.2. The van der Waals surface area contributed by atoms with Crippen LogP contribution in [0.25, 0.3) is 22.3 Å². The summed E-state index contributed by atoms with van der Waals surface area (Å²) in [5.74, 6) is -3.17. The van der Waals surface area contributed by atoms with E-state index in [1.807, 2.05) is 0 Å². The maximum Gasteiger partial charge on any atom is 0.181 e. The standard InChI is InChI=1S/C15H10ClF3N4/c1-2-20-12-11(10-8(18)5-7(17)6-9(10)19)14(16)23-15-13(12)21-3-4-22-15/h3-6H,2H2,1H3,(H,20,22,23). The number of nitrogens with one attached hydrogen (secondary N) is 1. The first-order chi connectivity index (χ1) is 11.0. The molecule has 0 aliphatic carbocycles. The van der Waals surface area contributed by atoms with Crippen molar-refractivity contribution in [1.29, 1.82) is 0 Å². The third-order valence-electron chi connectivity index (χ3n) is 3.19. The average molecular weight is 339 g/mol. The van der Waals surface area contributed by atoms with Gasteiger partial charge in [-0.3, -0.25) is 0 Å². The Balaban J connectivity index is 2.42. The van der Waals surface area contributed by atoms with Crippen molar-refractivity contribution in [3.63, 3.8) is 0 Å². The molecule has 0 aliphatic rings. The Morgan fingerprint density at radius 2 is 1.70 bits per heavy atom. The third-order valence-corrected chi connectivity index (χ3v) is 3.46. The molecule has 0 bridgehead atoms. The zero-order valence-corrected chi connectivity index (χ0v) is 12.6. The van der Waals surface area contributed by atoms with Gasteiger partial charge in [-0.15, -0.1) is 0 Å². The van der Waals surface area contributed by atoms with Crippen molar-refractivity contribution in [3.8, 4) is 11.1 Å². The molecular weight excluding hydrogens is 329 g/mol. The predicted octanol–water partition coefficient (Wildman–Crippen LogP) is 4.19. The van der Waals surface area contributed by atoms with Crippen LogP contribution in [0.1, 0.15) is 6.92 Å². The van der Waals surface area contributed by atoms with E-state index < -0.39 is 23.0 Å². The summed E-state index contributed by atoms with van der Waals surface area (Å²) in [7, 11) is 0. The molecule has 0 amide bonds. The molecule has 4 nitrogen and oxygen atoms in total. The fraction of sp³-hybridized carbons (Fsp3) is 0.133. The minimum atomic E-state index is -1.08. The van der Waals surface area contributed by atoms with E-state index in [-0.39, 0.29) is 16.4 Å². The van der Waals surface area contributed by atoms with Gasteiger partial charge in [0.2, 0.25) is 0 Å². The molecule has 1 aromatic carbocycles. The van der Waals surface area contributed by atoms with Gasteiger partial charge in [-0.1, -0.05) is 11.6 Å². The van der Waals surface area contributed by atoms with E-state index >= 15 is 0 Å². The number of anilines is 1. The summed E-state index contributed by atoms with van der Waals surface area (Å²) in [6.07, 6.45) is 2.86. The van der Waals surface area contributed by atoms with Crippen molar-refractivity contribution in [1.82, 2.24) is 15.0 Å². The van der Waals surface area contributed by atoms with Crippen LogP contribution < -0.4 is 5.32 Å². The van der Waals surface area contributed by atoms with E-state index in [0.717, 1.165) is 0 Å². The number of halogens is 4. The molecular formula is C15H10ClF3N4. The first-order valence-electron chi connectivity index (χ1n) is 6.72. The van der Waals surface area contributed by atoms with Crippen molar-refractivity contribution in [3.05, 3.63) is 47.1 Å². The van der Waals surface area contributed by atoms with Crippen LogP contribution in [-0.2, 0) is 0 Å². The Hall–Kier alpha value is -2.41. The molecule has 118 valence electrons. The lowest BCUT2D eigenvalue weighted by atomic mass is 10.0. The first-order valence-corrected chi connectivity index (χ1v) is 7.09. The minimum absolute atomic E-state index is 0.0171. The van der Waals surface area contributed by atoms with Crippen LogP contribution in [0.2, 0.25) is 5.15 Å². The van der Waals surface area contributed by atoms with Gasteiger partial charge in [-0.05, 0) is 6.92 Å². The molecule has 3 rings (SSSR count).